The number of nitrogens with zero attached hydrogens (tertiary/aromatic N) is 3. The fraction of sp³-hybridized carbons (Fsp3) is 0.217. The molecule has 4 nitrogen and oxygen atoms in total. The zero-order chi connectivity index (χ0) is 19.2. The van der Waals surface area contributed by atoms with E-state index in [0.717, 1.165) is 18.1 Å². The lowest BCUT2D eigenvalue weighted by atomic mass is 10.1. The summed E-state index contributed by atoms with van der Waals surface area (Å²) < 4.78 is 0. The number of anilines is 2. The van der Waals surface area contributed by atoms with Gasteiger partial charge in [-0.1, -0.05) is 48.5 Å². The van der Waals surface area contributed by atoms with Gasteiger partial charge in [-0.2, -0.15) is 0 Å². The fourth-order valence-electron chi connectivity index (χ4n) is 2.95. The lowest BCUT2D eigenvalue weighted by molar-refractivity contribution is 0.0992. The van der Waals surface area contributed by atoms with Crippen molar-refractivity contribution in [3.05, 3.63) is 90.1 Å². The van der Waals surface area contributed by atoms with Crippen LogP contribution in [-0.2, 0) is 6.54 Å². The Kier molecular flexibility index (Phi) is 5.87. The van der Waals surface area contributed by atoms with Crippen LogP contribution in [0.1, 0.15) is 29.8 Å². The molecule has 27 heavy (non-hydrogen) atoms. The summed E-state index contributed by atoms with van der Waals surface area (Å²) in [5, 5.41) is 0. The van der Waals surface area contributed by atoms with Crippen molar-refractivity contribution in [1.29, 1.82) is 0 Å². The van der Waals surface area contributed by atoms with Crippen molar-refractivity contribution >= 4 is 17.4 Å². The Hall–Kier alpha value is -3.14. The molecule has 3 aromatic rings. The molecule has 0 aliphatic carbocycles. The van der Waals surface area contributed by atoms with E-state index in [0.29, 0.717) is 11.6 Å². The van der Waals surface area contributed by atoms with E-state index in [2.05, 4.69) is 35.9 Å². The first-order valence-corrected chi connectivity index (χ1v) is 9.16. The van der Waals surface area contributed by atoms with Crippen molar-refractivity contribution in [3.8, 4) is 0 Å². The van der Waals surface area contributed by atoms with Gasteiger partial charge in [-0.3, -0.25) is 4.79 Å². The second kappa shape index (κ2) is 8.49. The summed E-state index contributed by atoms with van der Waals surface area (Å²) in [5.41, 5.74) is 2.67. The second-order valence-corrected chi connectivity index (χ2v) is 6.81. The summed E-state index contributed by atoms with van der Waals surface area (Å²) in [6, 6.07) is 24.0. The van der Waals surface area contributed by atoms with Crippen LogP contribution in [0, 0.1) is 0 Å². The number of hydrogen-bond donors (Lipinski definition) is 0. The molecular formula is C23H25N3O. The zero-order valence-electron chi connectivity index (χ0n) is 16.0. The highest BCUT2D eigenvalue weighted by molar-refractivity contribution is 6.05. The van der Waals surface area contributed by atoms with Crippen LogP contribution >= 0.6 is 0 Å². The first-order chi connectivity index (χ1) is 13.1. The molecule has 3 rings (SSSR count). The predicted molar refractivity (Wildman–Crippen MR) is 111 cm³/mol. The van der Waals surface area contributed by atoms with Gasteiger partial charge in [0.25, 0.3) is 5.91 Å². The van der Waals surface area contributed by atoms with Gasteiger partial charge in [-0.15, -0.1) is 0 Å². The van der Waals surface area contributed by atoms with Crippen LogP contribution in [0.5, 0.6) is 0 Å². The van der Waals surface area contributed by atoms with Gasteiger partial charge in [0.2, 0.25) is 0 Å². The third kappa shape index (κ3) is 4.53. The van der Waals surface area contributed by atoms with E-state index in [1.165, 1.54) is 5.56 Å². The van der Waals surface area contributed by atoms with Gasteiger partial charge < -0.3 is 9.80 Å². The minimum absolute atomic E-state index is 0.0700. The van der Waals surface area contributed by atoms with E-state index >= 15 is 0 Å². The van der Waals surface area contributed by atoms with Gasteiger partial charge >= 0.3 is 0 Å². The Morgan fingerprint density at radius 2 is 1.56 bits per heavy atom. The zero-order valence-corrected chi connectivity index (χ0v) is 16.0. The molecule has 1 heterocycles. The lowest BCUT2D eigenvalue weighted by Crippen LogP contribution is -2.31. The largest absolute Gasteiger partial charge is 0.350 e. The second-order valence-electron chi connectivity index (χ2n) is 6.81. The van der Waals surface area contributed by atoms with Gasteiger partial charge in [0.15, 0.2) is 0 Å². The highest BCUT2D eigenvalue weighted by atomic mass is 16.2. The van der Waals surface area contributed by atoms with E-state index in [4.69, 9.17) is 0 Å². The molecule has 0 saturated heterocycles. The standard InChI is InChI=1S/C23H25N3O/c1-18(2)26(17-19-10-6-4-7-11-19)22-15-14-20(16-24-22)23(27)25(3)21-12-8-5-9-13-21/h4-16,18H,17H2,1-3H3. The number of para-hydroxylation sites is 1. The fourth-order valence-corrected chi connectivity index (χ4v) is 2.95. The van der Waals surface area contributed by atoms with E-state index < -0.39 is 0 Å². The molecule has 1 amide bonds. The van der Waals surface area contributed by atoms with Crippen LogP contribution in [0.3, 0.4) is 0 Å². The number of hydrogen-bond acceptors (Lipinski definition) is 3. The van der Waals surface area contributed by atoms with Crippen molar-refractivity contribution < 1.29 is 4.79 Å². The highest BCUT2D eigenvalue weighted by Gasteiger charge is 2.16. The van der Waals surface area contributed by atoms with E-state index in [1.807, 2.05) is 60.7 Å². The Morgan fingerprint density at radius 1 is 0.926 bits per heavy atom. The molecule has 4 heteroatoms. The number of benzene rings is 2. The summed E-state index contributed by atoms with van der Waals surface area (Å²) >= 11 is 0. The lowest BCUT2D eigenvalue weighted by Gasteiger charge is -2.28. The number of pyridine rings is 1. The molecule has 0 radical (unpaired) electrons. The van der Waals surface area contributed by atoms with Gasteiger partial charge in [0, 0.05) is 31.5 Å². The van der Waals surface area contributed by atoms with Crippen LogP contribution in [0.25, 0.3) is 0 Å². The maximum atomic E-state index is 12.7. The quantitative estimate of drug-likeness (QED) is 0.636. The number of rotatable bonds is 6. The van der Waals surface area contributed by atoms with Gasteiger partial charge in [-0.05, 0) is 43.7 Å². The maximum Gasteiger partial charge on any atom is 0.259 e. The SMILES string of the molecule is CC(C)N(Cc1ccccc1)c1ccc(C(=O)N(C)c2ccccc2)cn1. The van der Waals surface area contributed by atoms with Gasteiger partial charge in [-0.25, -0.2) is 4.98 Å². The summed E-state index contributed by atoms with van der Waals surface area (Å²) in [6.45, 7) is 5.07. The molecule has 0 bridgehead atoms. The van der Waals surface area contributed by atoms with Crippen molar-refractivity contribution in [2.24, 2.45) is 0 Å². The Labute approximate surface area is 161 Å². The van der Waals surface area contributed by atoms with E-state index in [1.54, 1.807) is 18.1 Å². The number of carbonyl (C=O) groups excluding carboxylic acids is 1. The monoisotopic (exact) mass is 359 g/mol. The number of amides is 1. The van der Waals surface area contributed by atoms with E-state index in [-0.39, 0.29) is 5.91 Å². The molecule has 0 atom stereocenters. The van der Waals surface area contributed by atoms with Gasteiger partial charge in [0.1, 0.15) is 5.82 Å². The normalized spacial score (nSPS) is 10.7. The van der Waals surface area contributed by atoms with Crippen molar-refractivity contribution in [2.75, 3.05) is 16.8 Å². The molecule has 138 valence electrons. The average molecular weight is 359 g/mol. The molecule has 0 saturated carbocycles. The molecule has 1 aromatic heterocycles. The summed E-state index contributed by atoms with van der Waals surface area (Å²) in [5.74, 6) is 0.798. The van der Waals surface area contributed by atoms with Crippen LogP contribution in [-0.4, -0.2) is 24.0 Å². The Morgan fingerprint density at radius 3 is 2.11 bits per heavy atom. The molecule has 0 N–H and O–H groups in total. The minimum Gasteiger partial charge on any atom is -0.350 e. The van der Waals surface area contributed by atoms with Crippen LogP contribution in [0.2, 0.25) is 0 Å². The van der Waals surface area contributed by atoms with Crippen molar-refractivity contribution in [2.45, 2.75) is 26.4 Å². The minimum atomic E-state index is -0.0700. The van der Waals surface area contributed by atoms with Crippen molar-refractivity contribution in [1.82, 2.24) is 4.98 Å². The van der Waals surface area contributed by atoms with E-state index in [9.17, 15) is 4.79 Å². The number of carbonyl (C=O) groups is 1. The molecule has 0 spiro atoms. The van der Waals surface area contributed by atoms with Crippen LogP contribution in [0.15, 0.2) is 79.0 Å². The summed E-state index contributed by atoms with van der Waals surface area (Å²) in [6.07, 6.45) is 1.66. The maximum absolute atomic E-state index is 12.7. The summed E-state index contributed by atoms with van der Waals surface area (Å²) in [4.78, 5) is 21.2. The Balaban J connectivity index is 1.77. The van der Waals surface area contributed by atoms with Crippen molar-refractivity contribution in [3.63, 3.8) is 0 Å². The predicted octanol–water partition coefficient (Wildman–Crippen LogP) is 4.77. The average Bonchev–Trinajstić information content (AvgIpc) is 2.72. The molecule has 0 fully saturated rings. The first-order valence-electron chi connectivity index (χ1n) is 9.16. The molecule has 2 aromatic carbocycles. The third-order valence-electron chi connectivity index (χ3n) is 4.56. The molecular weight excluding hydrogens is 334 g/mol. The molecule has 0 aliphatic rings. The first kappa shape index (κ1) is 18.6. The molecule has 0 aliphatic heterocycles. The van der Waals surface area contributed by atoms with Gasteiger partial charge in [0.05, 0.1) is 5.56 Å². The highest BCUT2D eigenvalue weighted by Crippen LogP contribution is 2.20. The molecule has 0 unspecified atom stereocenters. The Bertz CT molecular complexity index is 861. The third-order valence-corrected chi connectivity index (χ3v) is 4.56. The number of aromatic nitrogens is 1. The van der Waals surface area contributed by atoms with Crippen LogP contribution < -0.4 is 9.80 Å². The smallest absolute Gasteiger partial charge is 0.259 e. The topological polar surface area (TPSA) is 36.4 Å². The summed E-state index contributed by atoms with van der Waals surface area (Å²) in [7, 11) is 1.78. The van der Waals surface area contributed by atoms with Crippen LogP contribution in [0.4, 0.5) is 11.5 Å².